The summed E-state index contributed by atoms with van der Waals surface area (Å²) in [4.78, 5) is 12.1. The van der Waals surface area contributed by atoms with Crippen LogP contribution in [0.15, 0.2) is 18.2 Å². The van der Waals surface area contributed by atoms with Gasteiger partial charge >= 0.3 is 6.18 Å². The predicted molar refractivity (Wildman–Crippen MR) is 72.3 cm³/mol. The van der Waals surface area contributed by atoms with Crippen molar-refractivity contribution < 1.29 is 27.4 Å². The molecule has 0 unspecified atom stereocenters. The second-order valence-corrected chi connectivity index (χ2v) is 4.66. The number of benzene rings is 1. The van der Waals surface area contributed by atoms with E-state index in [0.717, 1.165) is 19.2 Å². The Balaban J connectivity index is 3.09. The van der Waals surface area contributed by atoms with Crippen LogP contribution in [0.5, 0.6) is 5.75 Å². The van der Waals surface area contributed by atoms with Crippen LogP contribution >= 0.6 is 0 Å². The first-order valence-corrected chi connectivity index (χ1v) is 6.29. The van der Waals surface area contributed by atoms with Gasteiger partial charge < -0.3 is 14.8 Å². The standard InChI is InChI=1S/C14H18F3NO3/c1-5-13(2,21-4)12(19)18-9-6-7-11(20-3)10(8-9)14(15,16)17/h6-8H,5H2,1-4H3,(H,18,19)/t13-/m1/s1. The minimum absolute atomic E-state index is 0.0323. The molecule has 0 aliphatic carbocycles. The molecule has 1 N–H and O–H groups in total. The average Bonchev–Trinajstić information content (AvgIpc) is 2.45. The molecule has 4 nitrogen and oxygen atoms in total. The number of hydrogen-bond acceptors (Lipinski definition) is 3. The summed E-state index contributed by atoms with van der Waals surface area (Å²) in [5, 5.41) is 2.43. The van der Waals surface area contributed by atoms with Crippen LogP contribution in [-0.2, 0) is 15.7 Å². The summed E-state index contributed by atoms with van der Waals surface area (Å²) in [7, 11) is 2.53. The lowest BCUT2D eigenvalue weighted by Gasteiger charge is -2.25. The molecule has 0 fully saturated rings. The van der Waals surface area contributed by atoms with Gasteiger partial charge in [0.1, 0.15) is 11.4 Å². The molecule has 0 aliphatic rings. The normalized spacial score (nSPS) is 14.4. The summed E-state index contributed by atoms with van der Waals surface area (Å²) >= 11 is 0. The molecule has 0 saturated heterocycles. The predicted octanol–water partition coefficient (Wildman–Crippen LogP) is 3.47. The molecule has 0 heterocycles. The van der Waals surface area contributed by atoms with Crippen molar-refractivity contribution in [2.45, 2.75) is 32.0 Å². The van der Waals surface area contributed by atoms with Gasteiger partial charge in [-0.2, -0.15) is 13.2 Å². The lowest BCUT2D eigenvalue weighted by molar-refractivity contribution is -0.139. The first kappa shape index (κ1) is 17.3. The van der Waals surface area contributed by atoms with Crippen LogP contribution < -0.4 is 10.1 Å². The number of carbonyl (C=O) groups excluding carboxylic acids is 1. The van der Waals surface area contributed by atoms with Crippen LogP contribution in [0.25, 0.3) is 0 Å². The Morgan fingerprint density at radius 3 is 2.33 bits per heavy atom. The second-order valence-electron chi connectivity index (χ2n) is 4.66. The third-order valence-corrected chi connectivity index (χ3v) is 3.37. The SMILES string of the molecule is CC[C@@](C)(OC)C(=O)Nc1ccc(OC)c(C(F)(F)F)c1. The van der Waals surface area contributed by atoms with E-state index in [0.29, 0.717) is 6.42 Å². The monoisotopic (exact) mass is 305 g/mol. The maximum Gasteiger partial charge on any atom is 0.420 e. The van der Waals surface area contributed by atoms with Gasteiger partial charge in [0.05, 0.1) is 12.7 Å². The van der Waals surface area contributed by atoms with E-state index >= 15 is 0 Å². The van der Waals surface area contributed by atoms with Crippen molar-refractivity contribution in [3.8, 4) is 5.75 Å². The third-order valence-electron chi connectivity index (χ3n) is 3.37. The lowest BCUT2D eigenvalue weighted by Crippen LogP contribution is -2.41. The quantitative estimate of drug-likeness (QED) is 0.906. The summed E-state index contributed by atoms with van der Waals surface area (Å²) in [6.45, 7) is 3.31. The number of hydrogen-bond donors (Lipinski definition) is 1. The van der Waals surface area contributed by atoms with Crippen molar-refractivity contribution in [3.63, 3.8) is 0 Å². The van der Waals surface area contributed by atoms with Gasteiger partial charge in [-0.15, -0.1) is 0 Å². The van der Waals surface area contributed by atoms with Gasteiger partial charge in [-0.25, -0.2) is 0 Å². The highest BCUT2D eigenvalue weighted by Gasteiger charge is 2.35. The topological polar surface area (TPSA) is 47.6 Å². The molecule has 0 saturated carbocycles. The van der Waals surface area contributed by atoms with E-state index in [9.17, 15) is 18.0 Å². The Morgan fingerprint density at radius 1 is 1.29 bits per heavy atom. The molecule has 0 radical (unpaired) electrons. The Bertz CT molecular complexity index is 511. The number of halogens is 3. The minimum Gasteiger partial charge on any atom is -0.496 e. The van der Waals surface area contributed by atoms with E-state index in [1.165, 1.54) is 13.2 Å². The zero-order valence-electron chi connectivity index (χ0n) is 12.3. The minimum atomic E-state index is -4.57. The van der Waals surface area contributed by atoms with Crippen LogP contribution in [0, 0.1) is 0 Å². The second kappa shape index (κ2) is 6.34. The zero-order valence-corrected chi connectivity index (χ0v) is 12.3. The van der Waals surface area contributed by atoms with E-state index < -0.39 is 23.2 Å². The summed E-state index contributed by atoms with van der Waals surface area (Å²) in [5.74, 6) is -0.809. The highest BCUT2D eigenvalue weighted by Crippen LogP contribution is 2.37. The number of methoxy groups -OCH3 is 2. The summed E-state index contributed by atoms with van der Waals surface area (Å²) in [5.41, 5.74) is -2.01. The van der Waals surface area contributed by atoms with Gasteiger partial charge in [-0.05, 0) is 31.5 Å². The van der Waals surface area contributed by atoms with E-state index in [2.05, 4.69) is 10.1 Å². The van der Waals surface area contributed by atoms with Gasteiger partial charge in [0.15, 0.2) is 0 Å². The Hall–Kier alpha value is -1.76. The lowest BCUT2D eigenvalue weighted by atomic mass is 10.0. The fourth-order valence-electron chi connectivity index (χ4n) is 1.67. The van der Waals surface area contributed by atoms with Crippen LogP contribution in [0.4, 0.5) is 18.9 Å². The van der Waals surface area contributed by atoms with E-state index in [4.69, 9.17) is 4.74 Å². The molecule has 1 rings (SSSR count). The van der Waals surface area contributed by atoms with Gasteiger partial charge in [0, 0.05) is 12.8 Å². The molecular formula is C14H18F3NO3. The summed E-state index contributed by atoms with van der Waals surface area (Å²) < 4.78 is 48.5. The molecule has 0 bridgehead atoms. The summed E-state index contributed by atoms with van der Waals surface area (Å²) in [6.07, 6.45) is -4.18. The smallest absolute Gasteiger partial charge is 0.420 e. The molecule has 118 valence electrons. The van der Waals surface area contributed by atoms with Crippen LogP contribution in [0.1, 0.15) is 25.8 Å². The molecule has 1 aromatic rings. The number of ether oxygens (including phenoxy) is 2. The molecule has 1 atom stereocenters. The molecule has 7 heteroatoms. The first-order valence-electron chi connectivity index (χ1n) is 6.29. The molecule has 1 aromatic carbocycles. The fourth-order valence-corrected chi connectivity index (χ4v) is 1.67. The highest BCUT2D eigenvalue weighted by atomic mass is 19.4. The van der Waals surface area contributed by atoms with E-state index in [-0.39, 0.29) is 11.4 Å². The first-order chi connectivity index (χ1) is 9.67. The number of carbonyl (C=O) groups is 1. The van der Waals surface area contributed by atoms with Crippen molar-refractivity contribution in [1.29, 1.82) is 0 Å². The Kier molecular flexibility index (Phi) is 5.22. The van der Waals surface area contributed by atoms with Crippen LogP contribution in [-0.4, -0.2) is 25.7 Å². The number of alkyl halides is 3. The number of rotatable bonds is 5. The number of anilines is 1. The van der Waals surface area contributed by atoms with E-state index in [1.54, 1.807) is 13.8 Å². The maximum atomic E-state index is 12.9. The average molecular weight is 305 g/mol. The van der Waals surface area contributed by atoms with Crippen molar-refractivity contribution in [3.05, 3.63) is 23.8 Å². The van der Waals surface area contributed by atoms with Crippen LogP contribution in [0.3, 0.4) is 0 Å². The number of nitrogens with one attached hydrogen (secondary N) is 1. The fraction of sp³-hybridized carbons (Fsp3) is 0.500. The molecule has 21 heavy (non-hydrogen) atoms. The van der Waals surface area contributed by atoms with Crippen molar-refractivity contribution in [2.75, 3.05) is 19.5 Å². The van der Waals surface area contributed by atoms with Gasteiger partial charge in [-0.1, -0.05) is 6.92 Å². The van der Waals surface area contributed by atoms with E-state index in [1.807, 2.05) is 0 Å². The third kappa shape index (κ3) is 3.87. The Labute approximate surface area is 121 Å². The highest BCUT2D eigenvalue weighted by molar-refractivity contribution is 5.97. The zero-order chi connectivity index (χ0) is 16.3. The van der Waals surface area contributed by atoms with Crippen molar-refractivity contribution in [2.24, 2.45) is 0 Å². The van der Waals surface area contributed by atoms with Gasteiger partial charge in [0.25, 0.3) is 5.91 Å². The molecule has 1 amide bonds. The molecule has 0 spiro atoms. The van der Waals surface area contributed by atoms with Crippen LogP contribution in [0.2, 0.25) is 0 Å². The van der Waals surface area contributed by atoms with Crippen molar-refractivity contribution >= 4 is 11.6 Å². The number of amides is 1. The molecular weight excluding hydrogens is 287 g/mol. The molecule has 0 aromatic heterocycles. The maximum absolute atomic E-state index is 12.9. The summed E-state index contributed by atoms with van der Waals surface area (Å²) in [6, 6.07) is 3.34. The van der Waals surface area contributed by atoms with Crippen molar-refractivity contribution in [1.82, 2.24) is 0 Å². The van der Waals surface area contributed by atoms with Gasteiger partial charge in [0.2, 0.25) is 0 Å². The largest absolute Gasteiger partial charge is 0.496 e. The molecule has 0 aliphatic heterocycles. The Morgan fingerprint density at radius 2 is 1.90 bits per heavy atom. The van der Waals surface area contributed by atoms with Gasteiger partial charge in [-0.3, -0.25) is 4.79 Å².